The molecule has 0 unspecified atom stereocenters. The first kappa shape index (κ1) is 24.2. The van der Waals surface area contributed by atoms with Gasteiger partial charge in [0.2, 0.25) is 5.91 Å². The molecule has 2 amide bonds. The Labute approximate surface area is 197 Å². The molecule has 172 valence electrons. The molecule has 1 heterocycles. The zero-order valence-electron chi connectivity index (χ0n) is 19.2. The summed E-state index contributed by atoms with van der Waals surface area (Å²) in [6.07, 6.45) is 5.03. The number of nitrogens with one attached hydrogen (secondary N) is 3. The Balaban J connectivity index is 1.69. The minimum Gasteiger partial charge on any atom is -0.354 e. The maximum atomic E-state index is 13.0. The van der Waals surface area contributed by atoms with Crippen molar-refractivity contribution in [3.8, 4) is 0 Å². The molecule has 3 rings (SSSR count). The van der Waals surface area contributed by atoms with Gasteiger partial charge in [-0.1, -0.05) is 15.9 Å². The van der Waals surface area contributed by atoms with Gasteiger partial charge in [-0.2, -0.15) is 0 Å². The predicted molar refractivity (Wildman–Crippen MR) is 130 cm³/mol. The van der Waals surface area contributed by atoms with Crippen LogP contribution >= 0.6 is 15.9 Å². The molecule has 1 fully saturated rings. The number of aromatic amines is 1. The van der Waals surface area contributed by atoms with E-state index in [2.05, 4.69) is 37.6 Å². The average Bonchev–Trinajstić information content (AvgIpc) is 2.70. The lowest BCUT2D eigenvalue weighted by molar-refractivity contribution is -0.119. The van der Waals surface area contributed by atoms with Crippen molar-refractivity contribution >= 4 is 27.7 Å². The van der Waals surface area contributed by atoms with Crippen LogP contribution in [0.2, 0.25) is 0 Å². The number of aryl methyl sites for hydroxylation is 2. The highest BCUT2D eigenvalue weighted by molar-refractivity contribution is 9.10. The lowest BCUT2D eigenvalue weighted by Crippen LogP contribution is -2.36. The van der Waals surface area contributed by atoms with Gasteiger partial charge in [-0.15, -0.1) is 0 Å². The molecule has 7 heteroatoms. The summed E-state index contributed by atoms with van der Waals surface area (Å²) in [5.74, 6) is 0.395. The van der Waals surface area contributed by atoms with Crippen molar-refractivity contribution in [1.29, 1.82) is 0 Å². The molecule has 0 spiro atoms. The number of halogens is 1. The maximum absolute atomic E-state index is 13.0. The number of hydrogen-bond donors (Lipinski definition) is 3. The summed E-state index contributed by atoms with van der Waals surface area (Å²) in [5, 5.41) is 5.94. The lowest BCUT2D eigenvalue weighted by Gasteiger charge is -2.29. The van der Waals surface area contributed by atoms with Gasteiger partial charge in [0, 0.05) is 40.8 Å². The minimum absolute atomic E-state index is 0.0368. The highest BCUT2D eigenvalue weighted by Gasteiger charge is 2.23. The number of benzene rings is 1. The summed E-state index contributed by atoms with van der Waals surface area (Å²) in [6.45, 7) is 7.47. The third kappa shape index (κ3) is 6.09. The van der Waals surface area contributed by atoms with Crippen molar-refractivity contribution in [3.63, 3.8) is 0 Å². The van der Waals surface area contributed by atoms with Crippen LogP contribution in [0.3, 0.4) is 0 Å². The zero-order chi connectivity index (χ0) is 23.4. The molecule has 6 nitrogen and oxygen atoms in total. The summed E-state index contributed by atoms with van der Waals surface area (Å²) in [5.41, 5.74) is 4.86. The summed E-state index contributed by atoms with van der Waals surface area (Å²) in [4.78, 5) is 39.3. The molecule has 1 aliphatic carbocycles. The number of carbonyl (C=O) groups is 2. The first-order valence-electron chi connectivity index (χ1n) is 11.2. The number of hydrogen-bond acceptors (Lipinski definition) is 3. The monoisotopic (exact) mass is 501 g/mol. The van der Waals surface area contributed by atoms with Crippen LogP contribution in [-0.4, -0.2) is 22.8 Å². The van der Waals surface area contributed by atoms with E-state index >= 15 is 0 Å². The van der Waals surface area contributed by atoms with E-state index in [4.69, 9.17) is 0 Å². The Bertz CT molecular complexity index is 1070. The van der Waals surface area contributed by atoms with Gasteiger partial charge in [0.05, 0.1) is 0 Å². The molecule has 1 aromatic heterocycles. The van der Waals surface area contributed by atoms with Gasteiger partial charge < -0.3 is 15.6 Å². The van der Waals surface area contributed by atoms with E-state index in [-0.39, 0.29) is 30.0 Å². The van der Waals surface area contributed by atoms with Crippen molar-refractivity contribution < 1.29 is 9.59 Å². The van der Waals surface area contributed by atoms with Crippen molar-refractivity contribution in [2.45, 2.75) is 72.4 Å². The fourth-order valence-electron chi connectivity index (χ4n) is 4.66. The molecule has 0 saturated heterocycles. The normalized spacial score (nSPS) is 18.3. The van der Waals surface area contributed by atoms with Crippen LogP contribution in [0.15, 0.2) is 27.5 Å². The zero-order valence-corrected chi connectivity index (χ0v) is 20.8. The molecule has 2 aromatic rings. The first-order valence-corrected chi connectivity index (χ1v) is 12.0. The molecular formula is C25H32BrN3O3. The van der Waals surface area contributed by atoms with Crippen LogP contribution in [0.1, 0.15) is 70.9 Å². The molecule has 0 atom stereocenters. The number of carbonyl (C=O) groups excluding carboxylic acids is 2. The quantitative estimate of drug-likeness (QED) is 0.552. The lowest BCUT2D eigenvalue weighted by atomic mass is 9.81. The van der Waals surface area contributed by atoms with Gasteiger partial charge in [0.1, 0.15) is 0 Å². The fraction of sp³-hybridized carbons (Fsp3) is 0.480. The van der Waals surface area contributed by atoms with Crippen LogP contribution < -0.4 is 16.2 Å². The highest BCUT2D eigenvalue weighted by Crippen LogP contribution is 2.30. The fourth-order valence-corrected chi connectivity index (χ4v) is 5.16. The Hall–Kier alpha value is -2.41. The van der Waals surface area contributed by atoms with Gasteiger partial charge in [-0.3, -0.25) is 14.4 Å². The van der Waals surface area contributed by atoms with E-state index in [1.165, 1.54) is 0 Å². The Morgan fingerprint density at radius 3 is 2.41 bits per heavy atom. The Kier molecular flexibility index (Phi) is 7.93. The van der Waals surface area contributed by atoms with E-state index in [9.17, 15) is 14.4 Å². The highest BCUT2D eigenvalue weighted by atomic mass is 79.9. The van der Waals surface area contributed by atoms with Gasteiger partial charge in [0.25, 0.3) is 11.5 Å². The standard InChI is InChI=1S/C25H32BrN3O3/c1-14-9-15(2)28-25(32)23(14)13-27-24(31)22-12-20(26)11-19(16(22)3)10-18-5-7-21(8-6-18)29-17(4)30/h9,11-12,18,21H,5-8,10,13H2,1-4H3,(H,27,31)(H,28,32)(H,29,30). The molecule has 0 radical (unpaired) electrons. The van der Waals surface area contributed by atoms with Crippen molar-refractivity contribution in [2.24, 2.45) is 5.92 Å². The van der Waals surface area contributed by atoms with Crippen LogP contribution in [-0.2, 0) is 17.8 Å². The third-order valence-corrected chi connectivity index (χ3v) is 6.86. The first-order chi connectivity index (χ1) is 15.1. The number of amides is 2. The van der Waals surface area contributed by atoms with Gasteiger partial charge in [-0.25, -0.2) is 0 Å². The molecule has 0 bridgehead atoms. The molecule has 1 aliphatic rings. The van der Waals surface area contributed by atoms with Crippen LogP contribution in [0.4, 0.5) is 0 Å². The van der Waals surface area contributed by atoms with Gasteiger partial charge in [0.15, 0.2) is 0 Å². The van der Waals surface area contributed by atoms with Crippen LogP contribution in [0.25, 0.3) is 0 Å². The number of H-pyrrole nitrogens is 1. The molecule has 1 saturated carbocycles. The second kappa shape index (κ2) is 10.5. The molecule has 3 N–H and O–H groups in total. The van der Waals surface area contributed by atoms with E-state index in [1.807, 2.05) is 32.9 Å². The van der Waals surface area contributed by atoms with E-state index in [0.717, 1.165) is 59.0 Å². The summed E-state index contributed by atoms with van der Waals surface area (Å²) in [7, 11) is 0. The van der Waals surface area contributed by atoms with Gasteiger partial charge in [-0.05, 0) is 93.7 Å². The van der Waals surface area contributed by atoms with Crippen LogP contribution in [0, 0.1) is 26.7 Å². The largest absolute Gasteiger partial charge is 0.354 e. The second-order valence-electron chi connectivity index (χ2n) is 8.99. The smallest absolute Gasteiger partial charge is 0.253 e. The summed E-state index contributed by atoms with van der Waals surface area (Å²) in [6, 6.07) is 6.13. The molecule has 32 heavy (non-hydrogen) atoms. The SMILES string of the molecule is CC(=O)NC1CCC(Cc2cc(Br)cc(C(=O)NCc3c(C)cc(C)[nH]c3=O)c2C)CC1. The Morgan fingerprint density at radius 2 is 1.78 bits per heavy atom. The van der Waals surface area contributed by atoms with E-state index in [0.29, 0.717) is 17.0 Å². The summed E-state index contributed by atoms with van der Waals surface area (Å²) < 4.78 is 0.875. The Morgan fingerprint density at radius 1 is 1.09 bits per heavy atom. The van der Waals surface area contributed by atoms with Gasteiger partial charge >= 0.3 is 0 Å². The predicted octanol–water partition coefficient (Wildman–Crippen LogP) is 4.23. The average molecular weight is 502 g/mol. The van der Waals surface area contributed by atoms with Crippen molar-refractivity contribution in [2.75, 3.05) is 0 Å². The number of pyridine rings is 1. The van der Waals surface area contributed by atoms with Crippen molar-refractivity contribution in [1.82, 2.24) is 15.6 Å². The second-order valence-corrected chi connectivity index (χ2v) is 9.90. The van der Waals surface area contributed by atoms with Crippen LogP contribution in [0.5, 0.6) is 0 Å². The molecular weight excluding hydrogens is 470 g/mol. The topological polar surface area (TPSA) is 91.1 Å². The maximum Gasteiger partial charge on any atom is 0.253 e. The van der Waals surface area contributed by atoms with Crippen molar-refractivity contribution in [3.05, 3.63) is 66.5 Å². The summed E-state index contributed by atoms with van der Waals surface area (Å²) >= 11 is 3.56. The van der Waals surface area contributed by atoms with E-state index < -0.39 is 0 Å². The third-order valence-electron chi connectivity index (χ3n) is 6.41. The number of rotatable bonds is 6. The molecule has 0 aliphatic heterocycles. The molecule has 1 aromatic carbocycles. The van der Waals surface area contributed by atoms with E-state index in [1.54, 1.807) is 6.92 Å². The number of aromatic nitrogens is 1. The minimum atomic E-state index is -0.182.